The maximum Gasteiger partial charge on any atom is 0.225 e. The van der Waals surface area contributed by atoms with E-state index in [1.165, 1.54) is 12.8 Å². The van der Waals surface area contributed by atoms with Crippen molar-refractivity contribution in [2.45, 2.75) is 52.9 Å². The van der Waals surface area contributed by atoms with Crippen LogP contribution in [-0.2, 0) is 4.79 Å². The third kappa shape index (κ3) is 4.60. The minimum Gasteiger partial charge on any atom is -0.342 e. The number of amides is 1. The number of nitrogens with zero attached hydrogens (tertiary/aromatic N) is 1. The molecule has 3 nitrogen and oxygen atoms in total. The lowest BCUT2D eigenvalue weighted by Gasteiger charge is -2.32. The van der Waals surface area contributed by atoms with E-state index in [2.05, 4.69) is 31.0 Å². The van der Waals surface area contributed by atoms with Crippen molar-refractivity contribution in [2.75, 3.05) is 26.2 Å². The Labute approximate surface area is 112 Å². The summed E-state index contributed by atoms with van der Waals surface area (Å²) in [4.78, 5) is 14.6. The smallest absolute Gasteiger partial charge is 0.225 e. The second-order valence-corrected chi connectivity index (χ2v) is 5.51. The SMILES string of the molecule is CCCN(CC1CCCNC1)C(=O)C(CC)CC. The van der Waals surface area contributed by atoms with Crippen molar-refractivity contribution in [1.29, 1.82) is 0 Å². The molecular weight excluding hydrogens is 224 g/mol. The molecule has 1 aliphatic heterocycles. The van der Waals surface area contributed by atoms with Gasteiger partial charge in [0.1, 0.15) is 0 Å². The summed E-state index contributed by atoms with van der Waals surface area (Å²) in [6, 6.07) is 0. The Hall–Kier alpha value is -0.570. The monoisotopic (exact) mass is 254 g/mol. The summed E-state index contributed by atoms with van der Waals surface area (Å²) in [6.07, 6.45) is 5.52. The molecule has 0 radical (unpaired) electrons. The van der Waals surface area contributed by atoms with Crippen LogP contribution in [-0.4, -0.2) is 37.0 Å². The summed E-state index contributed by atoms with van der Waals surface area (Å²) >= 11 is 0. The minimum absolute atomic E-state index is 0.230. The van der Waals surface area contributed by atoms with Crippen LogP contribution in [0.1, 0.15) is 52.9 Å². The van der Waals surface area contributed by atoms with E-state index >= 15 is 0 Å². The van der Waals surface area contributed by atoms with Crippen molar-refractivity contribution >= 4 is 5.91 Å². The molecule has 18 heavy (non-hydrogen) atoms. The number of carbonyl (C=O) groups is 1. The van der Waals surface area contributed by atoms with Gasteiger partial charge in [-0.15, -0.1) is 0 Å². The van der Waals surface area contributed by atoms with Crippen molar-refractivity contribution in [3.63, 3.8) is 0 Å². The highest BCUT2D eigenvalue weighted by atomic mass is 16.2. The molecule has 1 aliphatic rings. The predicted molar refractivity (Wildman–Crippen MR) is 76.5 cm³/mol. The zero-order valence-corrected chi connectivity index (χ0v) is 12.4. The summed E-state index contributed by atoms with van der Waals surface area (Å²) in [5.74, 6) is 1.27. The molecule has 0 spiro atoms. The third-order valence-electron chi connectivity index (χ3n) is 4.02. The summed E-state index contributed by atoms with van der Waals surface area (Å²) < 4.78 is 0. The van der Waals surface area contributed by atoms with Crippen LogP contribution in [0.3, 0.4) is 0 Å². The zero-order chi connectivity index (χ0) is 13.4. The van der Waals surface area contributed by atoms with E-state index in [1.54, 1.807) is 0 Å². The lowest BCUT2D eigenvalue weighted by atomic mass is 9.97. The van der Waals surface area contributed by atoms with Gasteiger partial charge in [0.2, 0.25) is 5.91 Å². The summed E-state index contributed by atoms with van der Waals surface area (Å²) in [5.41, 5.74) is 0. The Bertz CT molecular complexity index is 233. The van der Waals surface area contributed by atoms with Gasteiger partial charge in [-0.1, -0.05) is 20.8 Å². The molecule has 1 fully saturated rings. The Morgan fingerprint density at radius 1 is 1.33 bits per heavy atom. The molecule has 1 atom stereocenters. The van der Waals surface area contributed by atoms with E-state index < -0.39 is 0 Å². The van der Waals surface area contributed by atoms with E-state index in [-0.39, 0.29) is 5.92 Å². The van der Waals surface area contributed by atoms with E-state index in [0.29, 0.717) is 11.8 Å². The maximum absolute atomic E-state index is 12.5. The Kier molecular flexibility index (Phi) is 7.33. The first-order valence-electron chi connectivity index (χ1n) is 7.72. The van der Waals surface area contributed by atoms with E-state index in [9.17, 15) is 4.79 Å². The lowest BCUT2D eigenvalue weighted by molar-refractivity contribution is -0.136. The highest BCUT2D eigenvalue weighted by molar-refractivity contribution is 5.78. The molecule has 3 heteroatoms. The molecule has 0 bridgehead atoms. The van der Waals surface area contributed by atoms with E-state index in [4.69, 9.17) is 0 Å². The predicted octanol–water partition coefficient (Wildman–Crippen LogP) is 2.66. The van der Waals surface area contributed by atoms with Gasteiger partial charge in [-0.2, -0.15) is 0 Å². The van der Waals surface area contributed by atoms with Gasteiger partial charge < -0.3 is 10.2 Å². The van der Waals surface area contributed by atoms with Gasteiger partial charge in [-0.05, 0) is 51.1 Å². The van der Waals surface area contributed by atoms with Gasteiger partial charge in [-0.25, -0.2) is 0 Å². The van der Waals surface area contributed by atoms with Crippen LogP contribution in [0.25, 0.3) is 0 Å². The van der Waals surface area contributed by atoms with Crippen molar-refractivity contribution in [3.05, 3.63) is 0 Å². The number of rotatable bonds is 7. The van der Waals surface area contributed by atoms with Crippen LogP contribution in [0, 0.1) is 11.8 Å². The molecule has 0 aromatic heterocycles. The topological polar surface area (TPSA) is 32.3 Å². The molecule has 1 N–H and O–H groups in total. The van der Waals surface area contributed by atoms with Crippen molar-refractivity contribution < 1.29 is 4.79 Å². The van der Waals surface area contributed by atoms with Crippen molar-refractivity contribution in [1.82, 2.24) is 10.2 Å². The quantitative estimate of drug-likeness (QED) is 0.757. The molecule has 1 saturated heterocycles. The molecule has 0 saturated carbocycles. The molecule has 1 amide bonds. The summed E-state index contributed by atoms with van der Waals surface area (Å²) in [7, 11) is 0. The van der Waals surface area contributed by atoms with Gasteiger partial charge in [-0.3, -0.25) is 4.79 Å². The van der Waals surface area contributed by atoms with Crippen LogP contribution in [0.2, 0.25) is 0 Å². The first kappa shape index (κ1) is 15.5. The first-order valence-corrected chi connectivity index (χ1v) is 7.72. The molecule has 1 heterocycles. The van der Waals surface area contributed by atoms with Crippen LogP contribution in [0.5, 0.6) is 0 Å². The van der Waals surface area contributed by atoms with Crippen LogP contribution in [0.15, 0.2) is 0 Å². The minimum atomic E-state index is 0.230. The number of piperidine rings is 1. The van der Waals surface area contributed by atoms with Crippen LogP contribution >= 0.6 is 0 Å². The Balaban J connectivity index is 2.54. The molecule has 1 unspecified atom stereocenters. The molecule has 106 valence electrons. The number of hydrogen-bond acceptors (Lipinski definition) is 2. The molecule has 0 aromatic rings. The van der Waals surface area contributed by atoms with Crippen LogP contribution in [0.4, 0.5) is 0 Å². The number of nitrogens with one attached hydrogen (secondary N) is 1. The fourth-order valence-corrected chi connectivity index (χ4v) is 2.85. The second kappa shape index (κ2) is 8.52. The Morgan fingerprint density at radius 2 is 2.06 bits per heavy atom. The number of hydrogen-bond donors (Lipinski definition) is 1. The van der Waals surface area contributed by atoms with Gasteiger partial charge >= 0.3 is 0 Å². The normalized spacial score (nSPS) is 20.1. The fraction of sp³-hybridized carbons (Fsp3) is 0.933. The van der Waals surface area contributed by atoms with Gasteiger partial charge in [0.05, 0.1) is 0 Å². The number of carbonyl (C=O) groups excluding carboxylic acids is 1. The summed E-state index contributed by atoms with van der Waals surface area (Å²) in [6.45, 7) is 10.5. The highest BCUT2D eigenvalue weighted by Crippen LogP contribution is 2.17. The Morgan fingerprint density at radius 3 is 2.56 bits per heavy atom. The second-order valence-electron chi connectivity index (χ2n) is 5.51. The largest absolute Gasteiger partial charge is 0.342 e. The maximum atomic E-state index is 12.5. The molecule has 1 rings (SSSR count). The fourth-order valence-electron chi connectivity index (χ4n) is 2.85. The third-order valence-corrected chi connectivity index (χ3v) is 4.02. The summed E-state index contributed by atoms with van der Waals surface area (Å²) in [5, 5.41) is 3.44. The average Bonchev–Trinajstić information content (AvgIpc) is 2.40. The standard InChI is InChI=1S/C15H30N2O/c1-4-10-17(15(18)14(5-2)6-3)12-13-8-7-9-16-11-13/h13-14,16H,4-12H2,1-3H3. The molecule has 0 aliphatic carbocycles. The zero-order valence-electron chi connectivity index (χ0n) is 12.4. The van der Waals surface area contributed by atoms with Gasteiger partial charge in [0.25, 0.3) is 0 Å². The van der Waals surface area contributed by atoms with Gasteiger partial charge in [0, 0.05) is 19.0 Å². The molecule has 0 aromatic carbocycles. The lowest BCUT2D eigenvalue weighted by Crippen LogP contribution is -2.43. The average molecular weight is 254 g/mol. The van der Waals surface area contributed by atoms with Gasteiger partial charge in [0.15, 0.2) is 0 Å². The van der Waals surface area contributed by atoms with Crippen LogP contribution < -0.4 is 5.32 Å². The van der Waals surface area contributed by atoms with E-state index in [1.807, 2.05) is 0 Å². The van der Waals surface area contributed by atoms with E-state index in [0.717, 1.165) is 45.4 Å². The molecular formula is C15H30N2O. The van der Waals surface area contributed by atoms with Crippen molar-refractivity contribution in [3.8, 4) is 0 Å². The first-order chi connectivity index (χ1) is 8.72. The highest BCUT2D eigenvalue weighted by Gasteiger charge is 2.24. The van der Waals surface area contributed by atoms with Crippen molar-refractivity contribution in [2.24, 2.45) is 11.8 Å².